The van der Waals surface area contributed by atoms with Crippen LogP contribution in [-0.4, -0.2) is 26.2 Å². The Morgan fingerprint density at radius 2 is 1.60 bits per heavy atom. The van der Waals surface area contributed by atoms with Gasteiger partial charge in [0.15, 0.2) is 41.0 Å². The predicted molar refractivity (Wildman–Crippen MR) is 98.7 cm³/mol. The van der Waals surface area contributed by atoms with Gasteiger partial charge in [-0.05, 0) is 37.8 Å². The zero-order chi connectivity index (χ0) is 21.6. The van der Waals surface area contributed by atoms with E-state index >= 15 is 0 Å². The van der Waals surface area contributed by atoms with Gasteiger partial charge in [-0.25, -0.2) is 17.6 Å². The molecule has 0 spiro atoms. The summed E-state index contributed by atoms with van der Waals surface area (Å²) in [4.78, 5) is 13.8. The number of methoxy groups -OCH3 is 2. The summed E-state index contributed by atoms with van der Waals surface area (Å²) in [6.07, 6.45) is 2.32. The van der Waals surface area contributed by atoms with Crippen LogP contribution in [0.4, 0.5) is 23.2 Å². The Balaban J connectivity index is 1.79. The molecule has 2 aliphatic rings. The Hall–Kier alpha value is -2.81. The Bertz CT molecular complexity index is 1010. The second kappa shape index (κ2) is 7.79. The van der Waals surface area contributed by atoms with E-state index in [1.165, 1.54) is 25.3 Å². The van der Waals surface area contributed by atoms with Crippen LogP contribution in [0.3, 0.4) is 0 Å². The Labute approximate surface area is 170 Å². The first-order valence-electron chi connectivity index (χ1n) is 9.45. The van der Waals surface area contributed by atoms with Crippen molar-refractivity contribution >= 4 is 11.6 Å². The highest BCUT2D eigenvalue weighted by Crippen LogP contribution is 2.44. The van der Waals surface area contributed by atoms with Crippen molar-refractivity contribution in [2.45, 2.75) is 38.0 Å². The molecule has 0 radical (unpaired) electrons. The molecular weight excluding hydrogens is 406 g/mol. The van der Waals surface area contributed by atoms with Crippen LogP contribution in [0.1, 0.15) is 47.8 Å². The van der Waals surface area contributed by atoms with E-state index in [1.807, 2.05) is 0 Å². The van der Waals surface area contributed by atoms with Gasteiger partial charge in [0.2, 0.25) is 0 Å². The summed E-state index contributed by atoms with van der Waals surface area (Å²) in [6, 6.07) is 4.49. The lowest BCUT2D eigenvalue weighted by atomic mass is 10.1. The van der Waals surface area contributed by atoms with Gasteiger partial charge >= 0.3 is 0 Å². The zero-order valence-corrected chi connectivity index (χ0v) is 16.3. The lowest BCUT2D eigenvalue weighted by molar-refractivity contribution is 0.0812. The van der Waals surface area contributed by atoms with Crippen molar-refractivity contribution in [3.05, 3.63) is 52.6 Å². The minimum absolute atomic E-state index is 0.0167. The molecule has 5 nitrogen and oxygen atoms in total. The van der Waals surface area contributed by atoms with E-state index in [4.69, 9.17) is 14.2 Å². The van der Waals surface area contributed by atoms with Crippen LogP contribution >= 0.6 is 0 Å². The number of amides is 1. The normalized spacial score (nSPS) is 18.8. The summed E-state index contributed by atoms with van der Waals surface area (Å²) in [6.45, 7) is 0. The van der Waals surface area contributed by atoms with Crippen LogP contribution in [0.2, 0.25) is 0 Å². The maximum Gasteiger partial charge on any atom is 0.264 e. The van der Waals surface area contributed by atoms with Crippen molar-refractivity contribution in [3.8, 4) is 11.5 Å². The lowest BCUT2D eigenvalue weighted by Gasteiger charge is -2.25. The molecule has 1 atom stereocenters. The van der Waals surface area contributed by atoms with E-state index in [0.29, 0.717) is 11.5 Å². The number of hydrogen-bond acceptors (Lipinski definition) is 4. The average molecular weight is 425 g/mol. The first-order valence-corrected chi connectivity index (χ1v) is 9.45. The molecule has 4 rings (SSSR count). The smallest absolute Gasteiger partial charge is 0.264 e. The van der Waals surface area contributed by atoms with Crippen LogP contribution < -0.4 is 14.4 Å². The fraction of sp³-hybridized carbons (Fsp3) is 0.381. The Morgan fingerprint density at radius 3 is 2.23 bits per heavy atom. The molecule has 2 aromatic rings. The molecule has 0 bridgehead atoms. The van der Waals surface area contributed by atoms with Crippen molar-refractivity contribution in [1.82, 2.24) is 0 Å². The van der Waals surface area contributed by atoms with E-state index in [1.54, 1.807) is 0 Å². The molecule has 2 aromatic carbocycles. The topological polar surface area (TPSA) is 48.0 Å². The monoisotopic (exact) mass is 425 g/mol. The number of anilines is 1. The van der Waals surface area contributed by atoms with E-state index in [0.717, 1.165) is 37.7 Å². The van der Waals surface area contributed by atoms with E-state index < -0.39 is 46.5 Å². The van der Waals surface area contributed by atoms with Gasteiger partial charge in [-0.15, -0.1) is 0 Å². The number of halogens is 4. The first kappa shape index (κ1) is 20.5. The third-order valence-corrected chi connectivity index (χ3v) is 5.46. The molecule has 160 valence electrons. The van der Waals surface area contributed by atoms with E-state index in [-0.39, 0.29) is 11.8 Å². The van der Waals surface area contributed by atoms with Crippen LogP contribution in [0.5, 0.6) is 11.5 Å². The largest absolute Gasteiger partial charge is 0.493 e. The molecule has 0 saturated heterocycles. The van der Waals surface area contributed by atoms with Gasteiger partial charge in [0.05, 0.1) is 30.0 Å². The number of rotatable bonds is 5. The zero-order valence-electron chi connectivity index (χ0n) is 16.3. The molecule has 0 aromatic heterocycles. The van der Waals surface area contributed by atoms with Gasteiger partial charge in [-0.1, -0.05) is 0 Å². The molecular formula is C21H19F4NO4. The Kier molecular flexibility index (Phi) is 5.31. The number of carbonyl (C=O) groups is 1. The van der Waals surface area contributed by atoms with Crippen molar-refractivity contribution < 1.29 is 36.6 Å². The number of nitrogens with zero attached hydrogens (tertiary/aromatic N) is 1. The summed E-state index contributed by atoms with van der Waals surface area (Å²) in [5, 5.41) is 0. The van der Waals surface area contributed by atoms with Crippen molar-refractivity contribution in [3.63, 3.8) is 0 Å². The predicted octanol–water partition coefficient (Wildman–Crippen LogP) is 4.88. The van der Waals surface area contributed by atoms with Gasteiger partial charge in [-0.3, -0.25) is 9.69 Å². The highest BCUT2D eigenvalue weighted by Gasteiger charge is 2.45. The average Bonchev–Trinajstić information content (AvgIpc) is 3.36. The van der Waals surface area contributed by atoms with Gasteiger partial charge in [0, 0.05) is 13.2 Å². The molecule has 1 heterocycles. The quantitative estimate of drug-likeness (QED) is 0.389. The molecule has 1 fully saturated rings. The van der Waals surface area contributed by atoms with Gasteiger partial charge < -0.3 is 14.2 Å². The van der Waals surface area contributed by atoms with Gasteiger partial charge in [-0.2, -0.15) is 0 Å². The van der Waals surface area contributed by atoms with Crippen LogP contribution in [0.15, 0.2) is 18.2 Å². The van der Waals surface area contributed by atoms with E-state index in [2.05, 4.69) is 0 Å². The van der Waals surface area contributed by atoms with Gasteiger partial charge in [0.25, 0.3) is 5.91 Å². The number of fused-ring (bicyclic) bond motifs is 1. The minimum atomic E-state index is -2.05. The standard InChI is InChI=1S/C21H19F4NO4/c1-28-12-8-7-10(9-13(12)30-11-5-3-4-6-11)26-20(27)14-15(21(26)29-2)17(23)19(25)18(24)16(14)22/h7-9,11,21H,3-6H2,1-2H3. The lowest BCUT2D eigenvalue weighted by Crippen LogP contribution is -2.29. The second-order valence-electron chi connectivity index (χ2n) is 7.17. The fourth-order valence-electron chi connectivity index (χ4n) is 4.01. The minimum Gasteiger partial charge on any atom is -0.493 e. The molecule has 1 aliphatic heterocycles. The number of carbonyl (C=O) groups excluding carboxylic acids is 1. The summed E-state index contributed by atoms with van der Waals surface area (Å²) >= 11 is 0. The number of hydrogen-bond donors (Lipinski definition) is 0. The second-order valence-corrected chi connectivity index (χ2v) is 7.17. The molecule has 1 aliphatic carbocycles. The summed E-state index contributed by atoms with van der Waals surface area (Å²) in [5.74, 6) is -7.75. The number of ether oxygens (including phenoxy) is 3. The molecule has 1 unspecified atom stereocenters. The fourth-order valence-corrected chi connectivity index (χ4v) is 4.01. The maximum absolute atomic E-state index is 14.4. The molecule has 1 saturated carbocycles. The third kappa shape index (κ3) is 3.08. The summed E-state index contributed by atoms with van der Waals surface area (Å²) < 4.78 is 72.8. The SMILES string of the molecule is COc1ccc(N2C(=O)c3c(F)c(F)c(F)c(F)c3C2OC)cc1OC1CCCC1. The highest BCUT2D eigenvalue weighted by atomic mass is 19.2. The van der Waals surface area contributed by atoms with Crippen LogP contribution in [0, 0.1) is 23.3 Å². The Morgan fingerprint density at radius 1 is 0.933 bits per heavy atom. The molecule has 9 heteroatoms. The molecule has 0 N–H and O–H groups in total. The number of benzene rings is 2. The van der Waals surface area contributed by atoms with E-state index in [9.17, 15) is 22.4 Å². The molecule has 1 amide bonds. The highest BCUT2D eigenvalue weighted by molar-refractivity contribution is 6.11. The van der Waals surface area contributed by atoms with Crippen LogP contribution in [0.25, 0.3) is 0 Å². The van der Waals surface area contributed by atoms with Gasteiger partial charge in [0.1, 0.15) is 0 Å². The summed E-state index contributed by atoms with van der Waals surface area (Å²) in [7, 11) is 2.61. The van der Waals surface area contributed by atoms with Crippen molar-refractivity contribution in [1.29, 1.82) is 0 Å². The molecule has 30 heavy (non-hydrogen) atoms. The van der Waals surface area contributed by atoms with Crippen molar-refractivity contribution in [2.24, 2.45) is 0 Å². The third-order valence-electron chi connectivity index (χ3n) is 5.46. The summed E-state index contributed by atoms with van der Waals surface area (Å²) in [5.41, 5.74) is -1.41. The maximum atomic E-state index is 14.4. The van der Waals surface area contributed by atoms with Crippen molar-refractivity contribution in [2.75, 3.05) is 19.1 Å². The van der Waals surface area contributed by atoms with Crippen LogP contribution in [-0.2, 0) is 4.74 Å². The first-order chi connectivity index (χ1) is 14.4.